The molecule has 0 atom stereocenters. The number of rotatable bonds is 12. The third-order valence-corrected chi connectivity index (χ3v) is 7.91. The van der Waals surface area contributed by atoms with E-state index in [0.717, 1.165) is 86.1 Å². The van der Waals surface area contributed by atoms with E-state index in [4.69, 9.17) is 14.5 Å². The number of hydrogen-bond acceptors (Lipinski definition) is 8. The number of benzene rings is 2. The van der Waals surface area contributed by atoms with E-state index in [2.05, 4.69) is 37.1 Å². The lowest BCUT2D eigenvalue weighted by molar-refractivity contribution is 0.414. The minimum Gasteiger partial charge on any atom is -0.497 e. The van der Waals surface area contributed by atoms with Crippen LogP contribution in [0.3, 0.4) is 0 Å². The van der Waals surface area contributed by atoms with Gasteiger partial charge in [0.05, 0.1) is 31.9 Å². The summed E-state index contributed by atoms with van der Waals surface area (Å²) in [7, 11) is 3.35. The van der Waals surface area contributed by atoms with Crippen molar-refractivity contribution in [1.29, 1.82) is 0 Å². The minimum atomic E-state index is 0.718. The number of thioether (sulfide) groups is 2. The molecule has 2 aromatic carbocycles. The molecule has 0 radical (unpaired) electrons. The van der Waals surface area contributed by atoms with E-state index in [9.17, 15) is 0 Å². The molecule has 0 fully saturated rings. The van der Waals surface area contributed by atoms with Crippen molar-refractivity contribution in [2.45, 2.75) is 29.4 Å². The molecule has 0 aliphatic carbocycles. The number of hydrogen-bond donors (Lipinski definition) is 2. The Morgan fingerprint density at radius 3 is 2.14 bits per heavy atom. The van der Waals surface area contributed by atoms with Gasteiger partial charge in [0.15, 0.2) is 10.8 Å². The van der Waals surface area contributed by atoms with Crippen LogP contribution in [0.2, 0.25) is 0 Å². The summed E-state index contributed by atoms with van der Waals surface area (Å²) in [6, 6.07) is 16.1. The van der Waals surface area contributed by atoms with Crippen LogP contribution in [0.4, 0.5) is 0 Å². The number of methoxy groups -OCH3 is 2. The number of H-pyrrole nitrogens is 2. The summed E-state index contributed by atoms with van der Waals surface area (Å²) in [6.45, 7) is 0. The van der Waals surface area contributed by atoms with Gasteiger partial charge in [-0.05, 0) is 67.1 Å². The van der Waals surface area contributed by atoms with Gasteiger partial charge in [-0.1, -0.05) is 18.2 Å². The van der Waals surface area contributed by atoms with E-state index in [1.54, 1.807) is 50.4 Å². The lowest BCUT2D eigenvalue weighted by atomic mass is 10.0. The quantitative estimate of drug-likeness (QED) is 0.107. The third kappa shape index (κ3) is 6.08. The van der Waals surface area contributed by atoms with E-state index in [1.165, 1.54) is 0 Å². The third-order valence-electron chi connectivity index (χ3n) is 5.88. The molecule has 3 heterocycles. The van der Waals surface area contributed by atoms with Crippen molar-refractivity contribution in [3.8, 4) is 34.0 Å². The number of nitrogens with zero attached hydrogens (tertiary/aromatic N) is 4. The molecule has 0 saturated carbocycles. The second-order valence-electron chi connectivity index (χ2n) is 8.26. The number of aromatic amines is 2. The van der Waals surface area contributed by atoms with Crippen molar-refractivity contribution in [2.75, 3.05) is 25.7 Å². The number of imidazole rings is 2. The monoisotopic (exact) mass is 532 g/mol. The van der Waals surface area contributed by atoms with Gasteiger partial charge in [0.25, 0.3) is 0 Å². The smallest absolute Gasteiger partial charge is 0.181 e. The standard InChI is InChI=1S/C27H28N6O2S2/c1-34-20-10-6-18(7-11-20)22-23(19-8-12-21(35-2)13-9-19)33-27(32-22)37-15-5-3-4-14-36-26-24-25(29-16-28-24)30-17-31-26/h6-13,16-17H,3-5,14-15H2,1-2H3,(H,32,33)(H,28,29,30,31). The van der Waals surface area contributed by atoms with Crippen molar-refractivity contribution < 1.29 is 9.47 Å². The molecule has 0 aliphatic rings. The van der Waals surface area contributed by atoms with Crippen LogP contribution >= 0.6 is 23.5 Å². The lowest BCUT2D eigenvalue weighted by Gasteiger charge is -2.06. The summed E-state index contributed by atoms with van der Waals surface area (Å²) >= 11 is 3.51. The van der Waals surface area contributed by atoms with Crippen LogP contribution in [-0.4, -0.2) is 55.6 Å². The molecule has 8 nitrogen and oxygen atoms in total. The molecular weight excluding hydrogens is 504 g/mol. The van der Waals surface area contributed by atoms with Gasteiger partial charge in [-0.25, -0.2) is 19.9 Å². The molecule has 0 saturated heterocycles. The second kappa shape index (κ2) is 12.2. The Hall–Kier alpha value is -3.50. The summed E-state index contributed by atoms with van der Waals surface area (Å²) in [4.78, 5) is 24.4. The Morgan fingerprint density at radius 1 is 0.757 bits per heavy atom. The maximum absolute atomic E-state index is 5.33. The fourth-order valence-corrected chi connectivity index (χ4v) is 5.75. The van der Waals surface area contributed by atoms with Crippen LogP contribution < -0.4 is 9.47 Å². The Balaban J connectivity index is 1.18. The zero-order valence-corrected chi connectivity index (χ0v) is 22.4. The van der Waals surface area contributed by atoms with Crippen LogP contribution in [0.1, 0.15) is 19.3 Å². The van der Waals surface area contributed by atoms with Gasteiger partial charge in [0.2, 0.25) is 0 Å². The maximum atomic E-state index is 5.33. The van der Waals surface area contributed by atoms with Crippen molar-refractivity contribution in [3.05, 3.63) is 61.2 Å². The molecule has 0 bridgehead atoms. The first-order chi connectivity index (χ1) is 18.2. The highest BCUT2D eigenvalue weighted by atomic mass is 32.2. The summed E-state index contributed by atoms with van der Waals surface area (Å²) in [5, 5.41) is 1.89. The Kier molecular flexibility index (Phi) is 8.27. The van der Waals surface area contributed by atoms with Crippen LogP contribution in [0.5, 0.6) is 11.5 Å². The average molecular weight is 533 g/mol. The average Bonchev–Trinajstić information content (AvgIpc) is 3.60. The van der Waals surface area contributed by atoms with E-state index in [1.807, 2.05) is 36.4 Å². The first-order valence-corrected chi connectivity index (χ1v) is 14.0. The summed E-state index contributed by atoms with van der Waals surface area (Å²) in [5.74, 6) is 3.67. The summed E-state index contributed by atoms with van der Waals surface area (Å²) < 4.78 is 10.7. The molecule has 0 amide bonds. The molecule has 0 aliphatic heterocycles. The minimum absolute atomic E-state index is 0.718. The Labute approximate surface area is 224 Å². The molecule has 0 unspecified atom stereocenters. The van der Waals surface area contributed by atoms with Crippen LogP contribution in [0.15, 0.2) is 71.4 Å². The van der Waals surface area contributed by atoms with Gasteiger partial charge in [0.1, 0.15) is 28.4 Å². The number of aromatic nitrogens is 6. The highest BCUT2D eigenvalue weighted by Crippen LogP contribution is 2.34. The van der Waals surface area contributed by atoms with Gasteiger partial charge in [-0.15, -0.1) is 11.8 Å². The van der Waals surface area contributed by atoms with Crippen LogP contribution in [0, 0.1) is 0 Å². The zero-order valence-electron chi connectivity index (χ0n) is 20.7. The number of nitrogens with one attached hydrogen (secondary N) is 2. The van der Waals surface area contributed by atoms with Crippen LogP contribution in [-0.2, 0) is 0 Å². The van der Waals surface area contributed by atoms with Gasteiger partial charge < -0.3 is 19.4 Å². The number of unbranched alkanes of at least 4 members (excludes halogenated alkanes) is 2. The predicted octanol–water partition coefficient (Wildman–Crippen LogP) is 6.48. The SMILES string of the molecule is COc1ccc(-c2nc(SCCCCCSc3ncnc4nc[nH]c34)[nH]c2-c2ccc(OC)cc2)cc1. The van der Waals surface area contributed by atoms with Gasteiger partial charge in [-0.2, -0.15) is 0 Å². The Morgan fingerprint density at radius 2 is 1.43 bits per heavy atom. The Bertz CT molecular complexity index is 1370. The molecule has 10 heteroatoms. The maximum Gasteiger partial charge on any atom is 0.181 e. The van der Waals surface area contributed by atoms with Gasteiger partial charge in [0, 0.05) is 16.9 Å². The molecule has 5 aromatic rings. The van der Waals surface area contributed by atoms with E-state index in [0.29, 0.717) is 0 Å². The molecule has 2 N–H and O–H groups in total. The van der Waals surface area contributed by atoms with Crippen molar-refractivity contribution in [1.82, 2.24) is 29.9 Å². The van der Waals surface area contributed by atoms with Crippen molar-refractivity contribution >= 4 is 34.7 Å². The highest BCUT2D eigenvalue weighted by Gasteiger charge is 2.15. The molecule has 0 spiro atoms. The van der Waals surface area contributed by atoms with E-state index >= 15 is 0 Å². The van der Waals surface area contributed by atoms with Crippen LogP contribution in [0.25, 0.3) is 33.7 Å². The lowest BCUT2D eigenvalue weighted by Crippen LogP contribution is -1.89. The van der Waals surface area contributed by atoms with Crippen molar-refractivity contribution in [2.24, 2.45) is 0 Å². The highest BCUT2D eigenvalue weighted by molar-refractivity contribution is 7.99. The first kappa shape index (κ1) is 25.2. The van der Waals surface area contributed by atoms with Crippen molar-refractivity contribution in [3.63, 3.8) is 0 Å². The molecule has 5 rings (SSSR count). The first-order valence-electron chi connectivity index (χ1n) is 12.0. The fraction of sp³-hybridized carbons (Fsp3) is 0.259. The molecule has 3 aromatic heterocycles. The number of fused-ring (bicyclic) bond motifs is 1. The molecule has 190 valence electrons. The fourth-order valence-electron chi connectivity index (χ4n) is 3.92. The summed E-state index contributed by atoms with van der Waals surface area (Å²) in [5.41, 5.74) is 5.68. The van der Waals surface area contributed by atoms with Gasteiger partial charge in [-0.3, -0.25) is 0 Å². The van der Waals surface area contributed by atoms with E-state index in [-0.39, 0.29) is 0 Å². The zero-order chi connectivity index (χ0) is 25.5. The van der Waals surface area contributed by atoms with Gasteiger partial charge >= 0.3 is 0 Å². The van der Waals surface area contributed by atoms with E-state index < -0.39 is 0 Å². The normalized spacial score (nSPS) is 11.2. The molecule has 37 heavy (non-hydrogen) atoms. The predicted molar refractivity (Wildman–Crippen MR) is 150 cm³/mol. The summed E-state index contributed by atoms with van der Waals surface area (Å²) in [6.07, 6.45) is 6.62. The largest absolute Gasteiger partial charge is 0.497 e. The molecular formula is C27H28N6O2S2. The topological polar surface area (TPSA) is 102 Å². The number of ether oxygens (including phenoxy) is 2. The second-order valence-corrected chi connectivity index (χ2v) is 10.4.